The molecule has 0 saturated heterocycles. The van der Waals surface area contributed by atoms with Crippen molar-refractivity contribution in [3.63, 3.8) is 0 Å². The van der Waals surface area contributed by atoms with Crippen LogP contribution in [0.25, 0.3) is 0 Å². The second-order valence-electron chi connectivity index (χ2n) is 3.86. The third kappa shape index (κ3) is 2.57. The molecule has 82 valence electrons. The van der Waals surface area contributed by atoms with Gasteiger partial charge in [-0.2, -0.15) is 0 Å². The van der Waals surface area contributed by atoms with Crippen LogP contribution in [0.3, 0.4) is 0 Å². The molecule has 0 unspecified atom stereocenters. The van der Waals surface area contributed by atoms with Gasteiger partial charge in [0.25, 0.3) is 0 Å². The van der Waals surface area contributed by atoms with Crippen molar-refractivity contribution in [3.05, 3.63) is 53.3 Å². The Balaban J connectivity index is 2.05. The second kappa shape index (κ2) is 4.75. The van der Waals surface area contributed by atoms with Crippen molar-refractivity contribution in [1.29, 1.82) is 0 Å². The van der Waals surface area contributed by atoms with Crippen molar-refractivity contribution in [2.24, 2.45) is 0 Å². The second-order valence-corrected chi connectivity index (χ2v) is 3.86. The summed E-state index contributed by atoms with van der Waals surface area (Å²) >= 11 is 0. The summed E-state index contributed by atoms with van der Waals surface area (Å²) in [6.45, 7) is 4.98. The molecule has 1 heterocycles. The first-order valence-electron chi connectivity index (χ1n) is 5.33. The van der Waals surface area contributed by atoms with E-state index in [2.05, 4.69) is 47.3 Å². The first-order valence-corrected chi connectivity index (χ1v) is 5.33. The minimum atomic E-state index is 0.669. The largest absolute Gasteiger partial charge is 0.350 e. The molecular weight excluding hydrogens is 198 g/mol. The molecule has 2 rings (SSSR count). The Labute approximate surface area is 95.6 Å². The molecule has 0 spiro atoms. The van der Waals surface area contributed by atoms with Gasteiger partial charge >= 0.3 is 0 Å². The molecule has 16 heavy (non-hydrogen) atoms. The standard InChI is InChI=1S/C13H15N3/c1-10-4-5-12(11(2)8-10)9-16-13-14-6-3-7-15-13/h3-8H,9H2,1-2H3,(H,14,15,16). The van der Waals surface area contributed by atoms with Gasteiger partial charge < -0.3 is 5.32 Å². The highest BCUT2D eigenvalue weighted by Crippen LogP contribution is 2.11. The smallest absolute Gasteiger partial charge is 0.222 e. The van der Waals surface area contributed by atoms with Gasteiger partial charge in [0.1, 0.15) is 0 Å². The van der Waals surface area contributed by atoms with Gasteiger partial charge in [0.05, 0.1) is 0 Å². The fraction of sp³-hybridized carbons (Fsp3) is 0.231. The fourth-order valence-electron chi connectivity index (χ4n) is 1.61. The van der Waals surface area contributed by atoms with Gasteiger partial charge in [-0.15, -0.1) is 0 Å². The molecule has 3 nitrogen and oxygen atoms in total. The van der Waals surface area contributed by atoms with E-state index in [1.165, 1.54) is 16.7 Å². The van der Waals surface area contributed by atoms with Crippen LogP contribution in [0.5, 0.6) is 0 Å². The topological polar surface area (TPSA) is 37.8 Å². The Kier molecular flexibility index (Phi) is 3.15. The van der Waals surface area contributed by atoms with Gasteiger partial charge in [-0.3, -0.25) is 0 Å². The zero-order valence-corrected chi connectivity index (χ0v) is 9.57. The highest BCUT2D eigenvalue weighted by atomic mass is 15.1. The zero-order valence-electron chi connectivity index (χ0n) is 9.57. The summed E-state index contributed by atoms with van der Waals surface area (Å²) in [6.07, 6.45) is 3.47. The van der Waals surface area contributed by atoms with E-state index in [1.54, 1.807) is 12.4 Å². The number of benzene rings is 1. The zero-order chi connectivity index (χ0) is 11.4. The fourth-order valence-corrected chi connectivity index (χ4v) is 1.61. The lowest BCUT2D eigenvalue weighted by Crippen LogP contribution is -2.04. The molecule has 0 fully saturated rings. The summed E-state index contributed by atoms with van der Waals surface area (Å²) in [5, 5.41) is 3.20. The number of rotatable bonds is 3. The van der Waals surface area contributed by atoms with Crippen molar-refractivity contribution in [2.45, 2.75) is 20.4 Å². The van der Waals surface area contributed by atoms with Crippen LogP contribution in [0.15, 0.2) is 36.7 Å². The van der Waals surface area contributed by atoms with Gasteiger partial charge in [0.2, 0.25) is 5.95 Å². The number of hydrogen-bond donors (Lipinski definition) is 1. The van der Waals surface area contributed by atoms with Gasteiger partial charge in [-0.05, 0) is 31.0 Å². The lowest BCUT2D eigenvalue weighted by Gasteiger charge is -2.08. The number of hydrogen-bond acceptors (Lipinski definition) is 3. The quantitative estimate of drug-likeness (QED) is 0.851. The molecule has 0 aliphatic carbocycles. The Bertz CT molecular complexity index is 466. The number of nitrogens with one attached hydrogen (secondary N) is 1. The lowest BCUT2D eigenvalue weighted by atomic mass is 10.1. The maximum absolute atomic E-state index is 4.12. The van der Waals surface area contributed by atoms with E-state index in [9.17, 15) is 0 Å². The molecule has 0 radical (unpaired) electrons. The van der Waals surface area contributed by atoms with Gasteiger partial charge in [-0.25, -0.2) is 9.97 Å². The molecule has 0 atom stereocenters. The van der Waals surface area contributed by atoms with E-state index < -0.39 is 0 Å². The van der Waals surface area contributed by atoms with Crippen LogP contribution < -0.4 is 5.32 Å². The number of aryl methyl sites for hydroxylation is 2. The van der Waals surface area contributed by atoms with Crippen LogP contribution in [-0.2, 0) is 6.54 Å². The van der Waals surface area contributed by atoms with E-state index in [1.807, 2.05) is 6.07 Å². The minimum Gasteiger partial charge on any atom is -0.350 e. The molecule has 0 aliphatic rings. The summed E-state index contributed by atoms with van der Waals surface area (Å²) in [5.74, 6) is 0.669. The highest BCUT2D eigenvalue weighted by molar-refractivity contribution is 5.33. The predicted molar refractivity (Wildman–Crippen MR) is 65.3 cm³/mol. The van der Waals surface area contributed by atoms with Crippen LogP contribution in [0, 0.1) is 13.8 Å². The van der Waals surface area contributed by atoms with E-state index in [-0.39, 0.29) is 0 Å². The van der Waals surface area contributed by atoms with Crippen LogP contribution in [0.1, 0.15) is 16.7 Å². The maximum atomic E-state index is 4.12. The minimum absolute atomic E-state index is 0.669. The predicted octanol–water partition coefficient (Wildman–Crippen LogP) is 2.71. The third-order valence-corrected chi connectivity index (χ3v) is 2.50. The van der Waals surface area contributed by atoms with Crippen molar-refractivity contribution < 1.29 is 0 Å². The maximum Gasteiger partial charge on any atom is 0.222 e. The van der Waals surface area contributed by atoms with Gasteiger partial charge in [-0.1, -0.05) is 23.8 Å². The summed E-state index contributed by atoms with van der Waals surface area (Å²) in [7, 11) is 0. The number of anilines is 1. The third-order valence-electron chi connectivity index (χ3n) is 2.50. The molecule has 0 saturated carbocycles. The van der Waals surface area contributed by atoms with E-state index in [4.69, 9.17) is 0 Å². The first kappa shape index (κ1) is 10.6. The SMILES string of the molecule is Cc1ccc(CNc2ncccn2)c(C)c1. The van der Waals surface area contributed by atoms with Gasteiger partial charge in [0, 0.05) is 18.9 Å². The van der Waals surface area contributed by atoms with Crippen LogP contribution in [-0.4, -0.2) is 9.97 Å². The summed E-state index contributed by atoms with van der Waals surface area (Å²) < 4.78 is 0. The Morgan fingerprint density at radius 3 is 2.56 bits per heavy atom. The number of nitrogens with zero attached hydrogens (tertiary/aromatic N) is 2. The monoisotopic (exact) mass is 213 g/mol. The lowest BCUT2D eigenvalue weighted by molar-refractivity contribution is 1.04. The molecular formula is C13H15N3. The highest BCUT2D eigenvalue weighted by Gasteiger charge is 1.99. The average molecular weight is 213 g/mol. The summed E-state index contributed by atoms with van der Waals surface area (Å²) in [4.78, 5) is 8.24. The van der Waals surface area contributed by atoms with Gasteiger partial charge in [0.15, 0.2) is 0 Å². The van der Waals surface area contributed by atoms with E-state index in [0.717, 1.165) is 6.54 Å². The molecule has 0 aliphatic heterocycles. The summed E-state index contributed by atoms with van der Waals surface area (Å²) in [6, 6.07) is 8.25. The first-order chi connectivity index (χ1) is 7.75. The van der Waals surface area contributed by atoms with Crippen LogP contribution in [0.4, 0.5) is 5.95 Å². The molecule has 0 bridgehead atoms. The average Bonchev–Trinajstić information content (AvgIpc) is 2.29. The van der Waals surface area contributed by atoms with Crippen LogP contribution >= 0.6 is 0 Å². The Morgan fingerprint density at radius 1 is 1.12 bits per heavy atom. The number of aromatic nitrogens is 2. The molecule has 1 N–H and O–H groups in total. The van der Waals surface area contributed by atoms with E-state index in [0.29, 0.717) is 5.95 Å². The van der Waals surface area contributed by atoms with Crippen LogP contribution in [0.2, 0.25) is 0 Å². The van der Waals surface area contributed by atoms with Crippen molar-refractivity contribution in [1.82, 2.24) is 9.97 Å². The summed E-state index contributed by atoms with van der Waals surface area (Å²) in [5.41, 5.74) is 3.86. The molecule has 1 aromatic carbocycles. The normalized spacial score (nSPS) is 10.1. The Hall–Kier alpha value is -1.90. The van der Waals surface area contributed by atoms with Crippen molar-refractivity contribution >= 4 is 5.95 Å². The molecule has 2 aromatic rings. The molecule has 1 aromatic heterocycles. The van der Waals surface area contributed by atoms with Crippen molar-refractivity contribution in [3.8, 4) is 0 Å². The molecule has 3 heteroatoms. The molecule has 0 amide bonds. The Morgan fingerprint density at radius 2 is 1.88 bits per heavy atom. The van der Waals surface area contributed by atoms with Crippen molar-refractivity contribution in [2.75, 3.05) is 5.32 Å². The van der Waals surface area contributed by atoms with E-state index >= 15 is 0 Å².